The van der Waals surface area contributed by atoms with Crippen LogP contribution in [-0.2, 0) is 0 Å². The van der Waals surface area contributed by atoms with E-state index in [-0.39, 0.29) is 5.91 Å². The maximum atomic E-state index is 12.5. The Bertz CT molecular complexity index is 759. The maximum absolute atomic E-state index is 12.5. The molecule has 1 amide bonds. The largest absolute Gasteiger partial charge is 0.353 e. The molecule has 0 spiro atoms. The first kappa shape index (κ1) is 17.4. The van der Waals surface area contributed by atoms with E-state index in [1.54, 1.807) is 6.20 Å². The van der Waals surface area contributed by atoms with Gasteiger partial charge in [0.2, 0.25) is 0 Å². The van der Waals surface area contributed by atoms with Crippen molar-refractivity contribution in [2.75, 3.05) is 18.0 Å². The highest BCUT2D eigenvalue weighted by Gasteiger charge is 2.25. The van der Waals surface area contributed by atoms with Crippen LogP contribution in [0.3, 0.4) is 0 Å². The molecule has 1 atom stereocenters. The van der Waals surface area contributed by atoms with E-state index >= 15 is 0 Å². The van der Waals surface area contributed by atoms with Crippen molar-refractivity contribution >= 4 is 11.7 Å². The molecule has 3 rings (SSSR count). The van der Waals surface area contributed by atoms with Gasteiger partial charge in [-0.05, 0) is 46.1 Å². The fraction of sp³-hybridized carbons (Fsp3) is 0.450. The Morgan fingerprint density at radius 3 is 2.92 bits per heavy atom. The second-order valence-electron chi connectivity index (χ2n) is 6.70. The monoisotopic (exact) mass is 338 g/mol. The third kappa shape index (κ3) is 3.81. The van der Waals surface area contributed by atoms with E-state index in [1.807, 2.05) is 19.1 Å². The van der Waals surface area contributed by atoms with Crippen molar-refractivity contribution in [3.05, 3.63) is 41.6 Å². The average Bonchev–Trinajstić information content (AvgIpc) is 2.62. The number of carbonyl (C=O) groups is 1. The second kappa shape index (κ2) is 7.64. The predicted octanol–water partition coefficient (Wildman–Crippen LogP) is 3.58. The smallest absolute Gasteiger partial charge is 0.256 e. The second-order valence-corrected chi connectivity index (χ2v) is 6.70. The SMILES string of the molecule is CCNC(=O)c1cnc(-c2cccc(C)c2)nc1N1CCCCC1C. The zero-order valence-corrected chi connectivity index (χ0v) is 15.2. The van der Waals surface area contributed by atoms with Crippen molar-refractivity contribution in [2.45, 2.75) is 46.1 Å². The first-order valence-electron chi connectivity index (χ1n) is 9.09. The van der Waals surface area contributed by atoms with Gasteiger partial charge in [-0.25, -0.2) is 9.97 Å². The fourth-order valence-electron chi connectivity index (χ4n) is 3.34. The summed E-state index contributed by atoms with van der Waals surface area (Å²) in [5, 5.41) is 2.88. The number of amides is 1. The number of piperidine rings is 1. The van der Waals surface area contributed by atoms with Crippen molar-refractivity contribution < 1.29 is 4.79 Å². The summed E-state index contributed by atoms with van der Waals surface area (Å²) >= 11 is 0. The van der Waals surface area contributed by atoms with Crippen LogP contribution in [-0.4, -0.2) is 35.0 Å². The Balaban J connectivity index is 2.06. The van der Waals surface area contributed by atoms with Crippen LogP contribution >= 0.6 is 0 Å². The molecule has 0 bridgehead atoms. The molecular weight excluding hydrogens is 312 g/mol. The summed E-state index contributed by atoms with van der Waals surface area (Å²) in [6, 6.07) is 8.53. The molecule has 2 aromatic rings. The molecule has 0 radical (unpaired) electrons. The Labute approximate surface area is 149 Å². The van der Waals surface area contributed by atoms with Crippen LogP contribution in [0.1, 0.15) is 49.0 Å². The number of hydrogen-bond donors (Lipinski definition) is 1. The molecule has 1 saturated heterocycles. The van der Waals surface area contributed by atoms with Crippen molar-refractivity contribution in [1.82, 2.24) is 15.3 Å². The quantitative estimate of drug-likeness (QED) is 0.926. The number of hydrogen-bond acceptors (Lipinski definition) is 4. The van der Waals surface area contributed by atoms with Gasteiger partial charge in [-0.1, -0.05) is 23.8 Å². The van der Waals surface area contributed by atoms with Crippen LogP contribution in [0, 0.1) is 6.92 Å². The number of aromatic nitrogens is 2. The van der Waals surface area contributed by atoms with Crippen molar-refractivity contribution in [3.8, 4) is 11.4 Å². The number of nitrogens with one attached hydrogen (secondary N) is 1. The van der Waals surface area contributed by atoms with E-state index in [0.717, 1.165) is 30.8 Å². The molecule has 5 heteroatoms. The van der Waals surface area contributed by atoms with Gasteiger partial charge in [-0.2, -0.15) is 0 Å². The van der Waals surface area contributed by atoms with E-state index in [2.05, 4.69) is 41.2 Å². The molecule has 0 aliphatic carbocycles. The van der Waals surface area contributed by atoms with E-state index in [0.29, 0.717) is 24.0 Å². The maximum Gasteiger partial charge on any atom is 0.256 e. The van der Waals surface area contributed by atoms with Crippen LogP contribution < -0.4 is 10.2 Å². The minimum atomic E-state index is -0.105. The third-order valence-electron chi connectivity index (χ3n) is 4.70. The van der Waals surface area contributed by atoms with Gasteiger partial charge < -0.3 is 10.2 Å². The van der Waals surface area contributed by atoms with Gasteiger partial charge in [0.1, 0.15) is 11.4 Å². The summed E-state index contributed by atoms with van der Waals surface area (Å²) in [5.74, 6) is 1.32. The van der Waals surface area contributed by atoms with Gasteiger partial charge in [-0.3, -0.25) is 4.79 Å². The molecule has 132 valence electrons. The predicted molar refractivity (Wildman–Crippen MR) is 101 cm³/mol. The van der Waals surface area contributed by atoms with Crippen molar-refractivity contribution in [2.24, 2.45) is 0 Å². The lowest BCUT2D eigenvalue weighted by Crippen LogP contribution is -2.40. The first-order chi connectivity index (χ1) is 12.1. The highest BCUT2D eigenvalue weighted by molar-refractivity contribution is 5.99. The molecule has 1 aliphatic rings. The van der Waals surface area contributed by atoms with Crippen LogP contribution in [0.4, 0.5) is 5.82 Å². The van der Waals surface area contributed by atoms with Gasteiger partial charge in [0.05, 0.1) is 0 Å². The van der Waals surface area contributed by atoms with Gasteiger partial charge in [0.15, 0.2) is 5.82 Å². The molecule has 1 fully saturated rings. The molecule has 0 saturated carbocycles. The third-order valence-corrected chi connectivity index (χ3v) is 4.70. The summed E-state index contributed by atoms with van der Waals surface area (Å²) in [6.07, 6.45) is 5.15. The summed E-state index contributed by atoms with van der Waals surface area (Å²) in [7, 11) is 0. The van der Waals surface area contributed by atoms with Crippen LogP contribution in [0.25, 0.3) is 11.4 Å². The van der Waals surface area contributed by atoms with Crippen molar-refractivity contribution in [3.63, 3.8) is 0 Å². The van der Waals surface area contributed by atoms with Crippen LogP contribution in [0.5, 0.6) is 0 Å². The van der Waals surface area contributed by atoms with Crippen LogP contribution in [0.15, 0.2) is 30.5 Å². The molecule has 1 aliphatic heterocycles. The summed E-state index contributed by atoms with van der Waals surface area (Å²) in [5.41, 5.74) is 2.71. The number of rotatable bonds is 4. The van der Waals surface area contributed by atoms with Crippen LogP contribution in [0.2, 0.25) is 0 Å². The molecule has 25 heavy (non-hydrogen) atoms. The number of carbonyl (C=O) groups excluding carboxylic acids is 1. The standard InChI is InChI=1S/C20H26N4O/c1-4-21-20(25)17-13-22-18(16-10-7-8-14(2)12-16)23-19(17)24-11-6-5-9-15(24)3/h7-8,10,12-13,15H,4-6,9,11H2,1-3H3,(H,21,25). The lowest BCUT2D eigenvalue weighted by Gasteiger charge is -2.35. The molecule has 1 aromatic heterocycles. The van der Waals surface area contributed by atoms with E-state index < -0.39 is 0 Å². The molecule has 1 N–H and O–H groups in total. The highest BCUT2D eigenvalue weighted by Crippen LogP contribution is 2.28. The Kier molecular flexibility index (Phi) is 5.31. The van der Waals surface area contributed by atoms with E-state index in [4.69, 9.17) is 4.98 Å². The van der Waals surface area contributed by atoms with Gasteiger partial charge in [-0.15, -0.1) is 0 Å². The average molecular weight is 338 g/mol. The van der Waals surface area contributed by atoms with Gasteiger partial charge in [0, 0.05) is 30.9 Å². The Hall–Kier alpha value is -2.43. The highest BCUT2D eigenvalue weighted by atomic mass is 16.1. The van der Waals surface area contributed by atoms with Gasteiger partial charge >= 0.3 is 0 Å². The lowest BCUT2D eigenvalue weighted by atomic mass is 10.0. The van der Waals surface area contributed by atoms with E-state index in [9.17, 15) is 4.79 Å². The molecular formula is C20H26N4O. The minimum absolute atomic E-state index is 0.105. The normalized spacial score (nSPS) is 17.4. The first-order valence-corrected chi connectivity index (χ1v) is 9.09. The fourth-order valence-corrected chi connectivity index (χ4v) is 3.34. The minimum Gasteiger partial charge on any atom is -0.353 e. The zero-order chi connectivity index (χ0) is 17.8. The Morgan fingerprint density at radius 1 is 1.36 bits per heavy atom. The number of anilines is 1. The topological polar surface area (TPSA) is 58.1 Å². The number of benzene rings is 1. The summed E-state index contributed by atoms with van der Waals surface area (Å²) < 4.78 is 0. The summed E-state index contributed by atoms with van der Waals surface area (Å²) in [4.78, 5) is 24.0. The Morgan fingerprint density at radius 2 is 2.20 bits per heavy atom. The van der Waals surface area contributed by atoms with E-state index in [1.165, 1.54) is 12.0 Å². The number of aryl methyl sites for hydroxylation is 1. The zero-order valence-electron chi connectivity index (χ0n) is 15.2. The van der Waals surface area contributed by atoms with Crippen molar-refractivity contribution in [1.29, 1.82) is 0 Å². The number of nitrogens with zero attached hydrogens (tertiary/aromatic N) is 3. The summed E-state index contributed by atoms with van der Waals surface area (Å²) in [6.45, 7) is 7.70. The molecule has 1 unspecified atom stereocenters. The molecule has 2 heterocycles. The molecule has 1 aromatic carbocycles. The van der Waals surface area contributed by atoms with Gasteiger partial charge in [0.25, 0.3) is 5.91 Å². The molecule has 5 nitrogen and oxygen atoms in total. The lowest BCUT2D eigenvalue weighted by molar-refractivity contribution is 0.0955.